The fraction of sp³-hybridized carbons (Fsp3) is 0.143. The molecule has 1 heterocycles. The summed E-state index contributed by atoms with van der Waals surface area (Å²) >= 11 is 5.73. The van der Waals surface area contributed by atoms with Crippen molar-refractivity contribution in [2.45, 2.75) is 6.54 Å². The Morgan fingerprint density at radius 1 is 1.38 bits per heavy atom. The number of carbonyl (C=O) groups is 2. The molecule has 0 fully saturated rings. The van der Waals surface area contributed by atoms with Crippen LogP contribution in [0.5, 0.6) is 5.75 Å². The largest absolute Gasteiger partial charge is 0.506 e. The number of methoxy groups -OCH3 is 1. The molecule has 21 heavy (non-hydrogen) atoms. The first kappa shape index (κ1) is 15.1. The van der Waals surface area contributed by atoms with E-state index in [1.165, 1.54) is 30.0 Å². The number of benzene rings is 1. The number of nitrogens with zero attached hydrogens (tertiary/aromatic N) is 1. The Morgan fingerprint density at radius 2 is 2.10 bits per heavy atom. The second kappa shape index (κ2) is 5.97. The average Bonchev–Trinajstić information content (AvgIpc) is 2.81. The van der Waals surface area contributed by atoms with E-state index in [1.807, 2.05) is 0 Å². The highest BCUT2D eigenvalue weighted by molar-refractivity contribution is 6.31. The molecule has 0 spiro atoms. The molecule has 1 aromatic heterocycles. The maximum atomic E-state index is 13.6. The van der Waals surface area contributed by atoms with Gasteiger partial charge in [0.15, 0.2) is 5.78 Å². The highest BCUT2D eigenvalue weighted by Gasteiger charge is 2.18. The minimum Gasteiger partial charge on any atom is -0.506 e. The summed E-state index contributed by atoms with van der Waals surface area (Å²) in [7, 11) is 1.18. The van der Waals surface area contributed by atoms with Crippen LogP contribution in [-0.4, -0.2) is 28.5 Å². The Bertz CT molecular complexity index is 711. The molecule has 0 unspecified atom stereocenters. The second-order valence-electron chi connectivity index (χ2n) is 4.25. The Hall–Kier alpha value is -2.34. The molecule has 1 N–H and O–H groups in total. The van der Waals surface area contributed by atoms with Gasteiger partial charge >= 0.3 is 5.97 Å². The van der Waals surface area contributed by atoms with Crippen LogP contribution in [0.3, 0.4) is 0 Å². The molecule has 0 saturated heterocycles. The summed E-state index contributed by atoms with van der Waals surface area (Å²) in [5, 5.41) is 9.65. The summed E-state index contributed by atoms with van der Waals surface area (Å²) in [6.07, 6.45) is 1.19. The van der Waals surface area contributed by atoms with Crippen molar-refractivity contribution in [2.75, 3.05) is 7.11 Å². The highest BCUT2D eigenvalue weighted by Crippen LogP contribution is 2.19. The highest BCUT2D eigenvalue weighted by atomic mass is 35.5. The van der Waals surface area contributed by atoms with Crippen molar-refractivity contribution in [1.29, 1.82) is 0 Å². The average molecular weight is 312 g/mol. The fourth-order valence-electron chi connectivity index (χ4n) is 1.85. The number of esters is 1. The van der Waals surface area contributed by atoms with Gasteiger partial charge in [0.05, 0.1) is 19.2 Å². The van der Waals surface area contributed by atoms with E-state index in [9.17, 15) is 19.1 Å². The molecule has 0 aliphatic heterocycles. The molecule has 0 aliphatic carbocycles. The molecule has 0 saturated carbocycles. The number of Topliss-reactive ketones (excluding diaryl/α,β-unsaturated/α-hetero) is 1. The quantitative estimate of drug-likeness (QED) is 0.696. The molecule has 7 heteroatoms. The van der Waals surface area contributed by atoms with Crippen LogP contribution in [0.2, 0.25) is 5.02 Å². The molecular formula is C14H11ClFNO4. The molecule has 5 nitrogen and oxygen atoms in total. The predicted octanol–water partition coefficient (Wildman–Crippen LogP) is 2.66. The van der Waals surface area contributed by atoms with E-state index < -0.39 is 17.6 Å². The van der Waals surface area contributed by atoms with Gasteiger partial charge in [-0.3, -0.25) is 4.79 Å². The normalized spacial score (nSPS) is 10.4. The number of rotatable bonds is 4. The van der Waals surface area contributed by atoms with Crippen molar-refractivity contribution in [3.63, 3.8) is 0 Å². The van der Waals surface area contributed by atoms with Crippen LogP contribution < -0.4 is 0 Å². The lowest BCUT2D eigenvalue weighted by Crippen LogP contribution is -2.16. The summed E-state index contributed by atoms with van der Waals surface area (Å²) in [6.45, 7) is -0.331. The smallest absolute Gasteiger partial charge is 0.354 e. The lowest BCUT2D eigenvalue weighted by atomic mass is 10.1. The van der Waals surface area contributed by atoms with Gasteiger partial charge in [0, 0.05) is 17.3 Å². The van der Waals surface area contributed by atoms with E-state index in [1.54, 1.807) is 0 Å². The summed E-state index contributed by atoms with van der Waals surface area (Å²) in [5.74, 6) is -2.21. The topological polar surface area (TPSA) is 68.5 Å². The van der Waals surface area contributed by atoms with E-state index in [2.05, 4.69) is 4.74 Å². The van der Waals surface area contributed by atoms with E-state index in [-0.39, 0.29) is 28.6 Å². The van der Waals surface area contributed by atoms with Crippen LogP contribution in [0.1, 0.15) is 20.8 Å². The Balaban J connectivity index is 2.32. The molecule has 0 amide bonds. The van der Waals surface area contributed by atoms with Crippen molar-refractivity contribution in [3.8, 4) is 5.75 Å². The Kier molecular flexibility index (Phi) is 4.28. The lowest BCUT2D eigenvalue weighted by molar-refractivity contribution is 0.0588. The third-order valence-corrected chi connectivity index (χ3v) is 3.05. The first-order valence-corrected chi connectivity index (χ1v) is 6.26. The van der Waals surface area contributed by atoms with Gasteiger partial charge < -0.3 is 14.4 Å². The molecule has 0 aliphatic rings. The number of hydrogen-bond donors (Lipinski definition) is 1. The van der Waals surface area contributed by atoms with Crippen molar-refractivity contribution in [3.05, 3.63) is 52.6 Å². The van der Waals surface area contributed by atoms with Gasteiger partial charge in [0.25, 0.3) is 0 Å². The molecule has 0 bridgehead atoms. The van der Waals surface area contributed by atoms with Crippen LogP contribution in [0.4, 0.5) is 4.39 Å². The van der Waals surface area contributed by atoms with E-state index >= 15 is 0 Å². The molecule has 2 rings (SSSR count). The zero-order valence-electron chi connectivity index (χ0n) is 11.0. The van der Waals surface area contributed by atoms with Crippen molar-refractivity contribution in [1.82, 2.24) is 4.57 Å². The first-order valence-electron chi connectivity index (χ1n) is 5.88. The summed E-state index contributed by atoms with van der Waals surface area (Å²) in [6, 6.07) is 4.78. The number of aromatic hydroxyl groups is 1. The molecule has 110 valence electrons. The Labute approximate surface area is 124 Å². The summed E-state index contributed by atoms with van der Waals surface area (Å²) in [4.78, 5) is 23.6. The summed E-state index contributed by atoms with van der Waals surface area (Å²) < 4.78 is 19.4. The predicted molar refractivity (Wildman–Crippen MR) is 73.2 cm³/mol. The second-order valence-corrected chi connectivity index (χ2v) is 4.69. The minimum atomic E-state index is -0.713. The SMILES string of the molecule is COC(=O)c1cc(O)cn1CC(=O)c1cc(Cl)ccc1F. The van der Waals surface area contributed by atoms with Crippen molar-refractivity contribution < 1.29 is 23.8 Å². The number of halogens is 2. The Morgan fingerprint density at radius 3 is 2.76 bits per heavy atom. The third kappa shape index (κ3) is 3.22. The molecule has 0 radical (unpaired) electrons. The van der Waals surface area contributed by atoms with Gasteiger partial charge in [-0.05, 0) is 18.2 Å². The fourth-order valence-corrected chi connectivity index (χ4v) is 2.02. The number of hydrogen-bond acceptors (Lipinski definition) is 4. The van der Waals surface area contributed by atoms with E-state index in [0.29, 0.717) is 0 Å². The zero-order valence-corrected chi connectivity index (χ0v) is 11.7. The van der Waals surface area contributed by atoms with Crippen LogP contribution in [0, 0.1) is 5.82 Å². The van der Waals surface area contributed by atoms with Gasteiger partial charge in [0.2, 0.25) is 0 Å². The van der Waals surface area contributed by atoms with Crippen molar-refractivity contribution in [2.24, 2.45) is 0 Å². The van der Waals surface area contributed by atoms with Gasteiger partial charge in [0.1, 0.15) is 17.3 Å². The van der Waals surface area contributed by atoms with Crippen LogP contribution in [-0.2, 0) is 11.3 Å². The first-order chi connectivity index (χ1) is 9.92. The van der Waals surface area contributed by atoms with Crippen LogP contribution >= 0.6 is 11.6 Å². The maximum Gasteiger partial charge on any atom is 0.354 e. The lowest BCUT2D eigenvalue weighted by Gasteiger charge is -2.07. The monoisotopic (exact) mass is 311 g/mol. The maximum absolute atomic E-state index is 13.6. The zero-order chi connectivity index (χ0) is 15.6. The van der Waals surface area contributed by atoms with Gasteiger partial charge in [-0.25, -0.2) is 9.18 Å². The van der Waals surface area contributed by atoms with Gasteiger partial charge in [-0.1, -0.05) is 11.6 Å². The molecule has 0 atom stereocenters. The van der Waals surface area contributed by atoms with Gasteiger partial charge in [-0.15, -0.1) is 0 Å². The molecule has 1 aromatic carbocycles. The number of ketones is 1. The minimum absolute atomic E-state index is 0.00853. The van der Waals surface area contributed by atoms with Crippen LogP contribution in [0.15, 0.2) is 30.5 Å². The van der Waals surface area contributed by atoms with E-state index in [0.717, 1.165) is 12.1 Å². The standard InChI is InChI=1S/C14H11ClFNO4/c1-21-14(20)12-5-9(18)6-17(12)7-13(19)10-4-8(15)2-3-11(10)16/h2-6,18H,7H2,1H3. The molecular weight excluding hydrogens is 301 g/mol. The number of aromatic nitrogens is 1. The van der Waals surface area contributed by atoms with Crippen LogP contribution in [0.25, 0.3) is 0 Å². The van der Waals surface area contributed by atoms with Crippen molar-refractivity contribution >= 4 is 23.4 Å². The number of carbonyl (C=O) groups excluding carboxylic acids is 2. The van der Waals surface area contributed by atoms with Gasteiger partial charge in [-0.2, -0.15) is 0 Å². The third-order valence-electron chi connectivity index (χ3n) is 2.82. The summed E-state index contributed by atoms with van der Waals surface area (Å²) in [5.41, 5.74) is -0.197. The number of ether oxygens (including phenoxy) is 1. The van der Waals surface area contributed by atoms with E-state index in [4.69, 9.17) is 11.6 Å². The molecule has 2 aromatic rings.